The van der Waals surface area contributed by atoms with E-state index in [2.05, 4.69) is 0 Å². The van der Waals surface area contributed by atoms with Crippen LogP contribution in [0.4, 0.5) is 0 Å². The first kappa shape index (κ1) is 13.8. The van der Waals surface area contributed by atoms with Crippen molar-refractivity contribution in [3.8, 4) is 16.9 Å². The highest BCUT2D eigenvalue weighted by Crippen LogP contribution is 2.38. The highest BCUT2D eigenvalue weighted by Gasteiger charge is 2.11. The standard InChI is InChI=1S/C13H8Cl4O/c1-18-12-4-7(2-3-10(12)15)9-5-8(14)6-11(16)13(9)17/h2-6H,1H3. The molecule has 94 valence electrons. The van der Waals surface area contributed by atoms with E-state index >= 15 is 0 Å². The predicted molar refractivity (Wildman–Crippen MR) is 78.5 cm³/mol. The molecular formula is C13H8Cl4O. The van der Waals surface area contributed by atoms with Crippen molar-refractivity contribution in [3.63, 3.8) is 0 Å². The minimum atomic E-state index is 0.410. The summed E-state index contributed by atoms with van der Waals surface area (Å²) < 4.78 is 5.17. The fourth-order valence-electron chi connectivity index (χ4n) is 1.59. The number of rotatable bonds is 2. The largest absolute Gasteiger partial charge is 0.495 e. The van der Waals surface area contributed by atoms with Crippen LogP contribution in [-0.2, 0) is 0 Å². The molecule has 0 spiro atoms. The van der Waals surface area contributed by atoms with Gasteiger partial charge in [0.05, 0.1) is 22.2 Å². The Hall–Kier alpha value is -0.600. The lowest BCUT2D eigenvalue weighted by molar-refractivity contribution is 0.415. The third-order valence-corrected chi connectivity index (χ3v) is 3.79. The molecule has 0 bridgehead atoms. The summed E-state index contributed by atoms with van der Waals surface area (Å²) >= 11 is 24.1. The van der Waals surface area contributed by atoms with Crippen LogP contribution in [-0.4, -0.2) is 7.11 Å². The Labute approximate surface area is 125 Å². The molecule has 5 heteroatoms. The van der Waals surface area contributed by atoms with Crippen molar-refractivity contribution >= 4 is 46.4 Å². The van der Waals surface area contributed by atoms with Crippen LogP contribution in [0.3, 0.4) is 0 Å². The van der Waals surface area contributed by atoms with Gasteiger partial charge in [-0.25, -0.2) is 0 Å². The fraction of sp³-hybridized carbons (Fsp3) is 0.0769. The topological polar surface area (TPSA) is 9.23 Å². The molecule has 0 fully saturated rings. The molecule has 2 rings (SSSR count). The summed E-state index contributed by atoms with van der Waals surface area (Å²) in [4.78, 5) is 0. The van der Waals surface area contributed by atoms with Gasteiger partial charge in [0.2, 0.25) is 0 Å². The van der Waals surface area contributed by atoms with Gasteiger partial charge in [-0.1, -0.05) is 52.5 Å². The number of halogens is 4. The van der Waals surface area contributed by atoms with Gasteiger partial charge in [-0.2, -0.15) is 0 Å². The third-order valence-electron chi connectivity index (χ3n) is 2.46. The van der Waals surface area contributed by atoms with Crippen LogP contribution in [0, 0.1) is 0 Å². The zero-order valence-corrected chi connectivity index (χ0v) is 12.3. The van der Waals surface area contributed by atoms with E-state index in [1.165, 1.54) is 0 Å². The Morgan fingerprint density at radius 3 is 2.28 bits per heavy atom. The van der Waals surface area contributed by atoms with Crippen molar-refractivity contribution in [1.82, 2.24) is 0 Å². The van der Waals surface area contributed by atoms with Crippen molar-refractivity contribution in [2.45, 2.75) is 0 Å². The number of hydrogen-bond donors (Lipinski definition) is 0. The lowest BCUT2D eigenvalue weighted by Gasteiger charge is -2.10. The van der Waals surface area contributed by atoms with Crippen LogP contribution in [0.15, 0.2) is 30.3 Å². The third kappa shape index (κ3) is 2.70. The molecule has 0 aliphatic heterocycles. The minimum Gasteiger partial charge on any atom is -0.495 e. The highest BCUT2D eigenvalue weighted by atomic mass is 35.5. The molecule has 2 aromatic rings. The summed E-state index contributed by atoms with van der Waals surface area (Å²) in [7, 11) is 1.55. The summed E-state index contributed by atoms with van der Waals surface area (Å²) in [5.74, 6) is 0.571. The van der Waals surface area contributed by atoms with Crippen LogP contribution >= 0.6 is 46.4 Å². The van der Waals surface area contributed by atoms with E-state index in [4.69, 9.17) is 51.1 Å². The van der Waals surface area contributed by atoms with Gasteiger partial charge in [0.1, 0.15) is 5.75 Å². The van der Waals surface area contributed by atoms with E-state index in [9.17, 15) is 0 Å². The second-order valence-electron chi connectivity index (χ2n) is 3.60. The van der Waals surface area contributed by atoms with Gasteiger partial charge in [0.15, 0.2) is 0 Å². The molecule has 0 saturated carbocycles. The molecule has 0 aliphatic rings. The van der Waals surface area contributed by atoms with E-state index in [0.29, 0.717) is 25.8 Å². The molecule has 1 nitrogen and oxygen atoms in total. The molecule has 2 aromatic carbocycles. The molecule has 0 saturated heterocycles. The second-order valence-corrected chi connectivity index (χ2v) is 5.23. The van der Waals surface area contributed by atoms with Crippen LogP contribution in [0.25, 0.3) is 11.1 Å². The zero-order chi connectivity index (χ0) is 13.3. The predicted octanol–water partition coefficient (Wildman–Crippen LogP) is 5.98. The van der Waals surface area contributed by atoms with Crippen molar-refractivity contribution in [3.05, 3.63) is 50.4 Å². The van der Waals surface area contributed by atoms with Crippen molar-refractivity contribution in [2.24, 2.45) is 0 Å². The van der Waals surface area contributed by atoms with Crippen LogP contribution in [0.2, 0.25) is 20.1 Å². The van der Waals surface area contributed by atoms with E-state index in [0.717, 1.165) is 11.1 Å². The van der Waals surface area contributed by atoms with Gasteiger partial charge < -0.3 is 4.74 Å². The van der Waals surface area contributed by atoms with Gasteiger partial charge in [-0.05, 0) is 29.8 Å². The van der Waals surface area contributed by atoms with E-state index < -0.39 is 0 Å². The van der Waals surface area contributed by atoms with Crippen LogP contribution in [0.1, 0.15) is 0 Å². The summed E-state index contributed by atoms with van der Waals surface area (Å²) in [6.45, 7) is 0. The highest BCUT2D eigenvalue weighted by molar-refractivity contribution is 6.45. The SMILES string of the molecule is COc1cc(-c2cc(Cl)cc(Cl)c2Cl)ccc1Cl. The molecule has 0 radical (unpaired) electrons. The first-order valence-corrected chi connectivity index (χ1v) is 6.52. The number of methoxy groups -OCH3 is 1. The maximum atomic E-state index is 6.17. The number of benzene rings is 2. The molecule has 0 heterocycles. The van der Waals surface area contributed by atoms with Crippen LogP contribution in [0.5, 0.6) is 5.75 Å². The smallest absolute Gasteiger partial charge is 0.138 e. The summed E-state index contributed by atoms with van der Waals surface area (Å²) in [6, 6.07) is 8.70. The molecular weight excluding hydrogens is 314 g/mol. The molecule has 0 aromatic heterocycles. The van der Waals surface area contributed by atoms with Gasteiger partial charge >= 0.3 is 0 Å². The normalized spacial score (nSPS) is 10.5. The molecule has 0 N–H and O–H groups in total. The average Bonchev–Trinajstić information content (AvgIpc) is 2.34. The summed E-state index contributed by atoms with van der Waals surface area (Å²) in [5.41, 5.74) is 1.58. The average molecular weight is 322 g/mol. The monoisotopic (exact) mass is 320 g/mol. The maximum Gasteiger partial charge on any atom is 0.138 e. The Bertz CT molecular complexity index is 596. The zero-order valence-electron chi connectivity index (χ0n) is 9.31. The molecule has 0 amide bonds. The van der Waals surface area contributed by atoms with Gasteiger partial charge in [-0.15, -0.1) is 0 Å². The quantitative estimate of drug-likeness (QED) is 0.618. The Balaban J connectivity index is 2.62. The molecule has 0 unspecified atom stereocenters. The van der Waals surface area contributed by atoms with Crippen molar-refractivity contribution in [2.75, 3.05) is 7.11 Å². The van der Waals surface area contributed by atoms with E-state index in [1.54, 1.807) is 31.4 Å². The summed E-state index contributed by atoms with van der Waals surface area (Å²) in [5, 5.41) is 1.91. The maximum absolute atomic E-state index is 6.17. The van der Waals surface area contributed by atoms with E-state index in [-0.39, 0.29) is 0 Å². The van der Waals surface area contributed by atoms with Gasteiger partial charge in [0.25, 0.3) is 0 Å². The van der Waals surface area contributed by atoms with Crippen LogP contribution < -0.4 is 4.74 Å². The number of ether oxygens (including phenoxy) is 1. The molecule has 0 atom stereocenters. The second kappa shape index (κ2) is 5.58. The lowest BCUT2D eigenvalue weighted by Crippen LogP contribution is -1.87. The Morgan fingerprint density at radius 2 is 1.61 bits per heavy atom. The van der Waals surface area contributed by atoms with Crippen molar-refractivity contribution < 1.29 is 4.74 Å². The van der Waals surface area contributed by atoms with Crippen molar-refractivity contribution in [1.29, 1.82) is 0 Å². The minimum absolute atomic E-state index is 0.410. The first-order chi connectivity index (χ1) is 8.52. The molecule has 18 heavy (non-hydrogen) atoms. The Morgan fingerprint density at radius 1 is 0.889 bits per heavy atom. The van der Waals surface area contributed by atoms with Gasteiger partial charge in [-0.3, -0.25) is 0 Å². The van der Waals surface area contributed by atoms with Gasteiger partial charge in [0, 0.05) is 10.6 Å². The molecule has 0 aliphatic carbocycles. The van der Waals surface area contributed by atoms with E-state index in [1.807, 2.05) is 6.07 Å². The summed E-state index contributed by atoms with van der Waals surface area (Å²) in [6.07, 6.45) is 0. The lowest BCUT2D eigenvalue weighted by atomic mass is 10.1. The first-order valence-electron chi connectivity index (χ1n) is 5.01. The Kier molecular flexibility index (Phi) is 4.29. The fourth-order valence-corrected chi connectivity index (χ4v) is 2.50. The number of hydrogen-bond acceptors (Lipinski definition) is 1.